The molecule has 3 aromatic carbocycles. The molecule has 0 aliphatic carbocycles. The van der Waals surface area contributed by atoms with Gasteiger partial charge in [0, 0.05) is 6.42 Å². The molecule has 2 heteroatoms. The highest BCUT2D eigenvalue weighted by molar-refractivity contribution is 5.69. The van der Waals surface area contributed by atoms with Gasteiger partial charge in [0.25, 0.3) is 0 Å². The minimum absolute atomic E-state index is 0.165. The van der Waals surface area contributed by atoms with Crippen LogP contribution in [0.2, 0.25) is 0 Å². The molecule has 0 N–H and O–H groups in total. The molecule has 0 aliphatic rings. The Morgan fingerprint density at radius 2 is 1.55 bits per heavy atom. The zero-order chi connectivity index (χ0) is 20.5. The molecule has 0 heterocycles. The number of allylic oxidation sites excluding steroid dienone is 2. The Kier molecular flexibility index (Phi) is 7.52. The number of hydrogen-bond acceptors (Lipinski definition) is 0. The molecule has 0 bridgehead atoms. The lowest BCUT2D eigenvalue weighted by molar-refractivity contribution is 0.342. The molecule has 0 radical (unpaired) electrons. The first kappa shape index (κ1) is 20.7. The van der Waals surface area contributed by atoms with Crippen LogP contribution in [0.5, 0.6) is 0 Å². The van der Waals surface area contributed by atoms with E-state index in [1.54, 1.807) is 6.07 Å². The summed E-state index contributed by atoms with van der Waals surface area (Å²) >= 11 is 0. The van der Waals surface area contributed by atoms with E-state index in [1.807, 2.05) is 98.0 Å². The van der Waals surface area contributed by atoms with Crippen molar-refractivity contribution in [3.63, 3.8) is 0 Å². The van der Waals surface area contributed by atoms with Crippen molar-refractivity contribution in [1.29, 1.82) is 0 Å². The second kappa shape index (κ2) is 10.5. The van der Waals surface area contributed by atoms with E-state index in [-0.39, 0.29) is 5.82 Å². The summed E-state index contributed by atoms with van der Waals surface area (Å²) in [5.74, 6) is -0.165. The van der Waals surface area contributed by atoms with Crippen LogP contribution in [-0.4, -0.2) is 0 Å². The molecular weight excluding hydrogens is 362 g/mol. The highest BCUT2D eigenvalue weighted by Crippen LogP contribution is 2.22. The number of halogens is 2. The molecule has 0 aromatic heterocycles. The molecule has 0 fully saturated rings. The summed E-state index contributed by atoms with van der Waals surface area (Å²) in [6.07, 6.45) is 8.77. The second-order valence-corrected chi connectivity index (χ2v) is 7.12. The Morgan fingerprint density at radius 1 is 0.862 bits per heavy atom. The van der Waals surface area contributed by atoms with Gasteiger partial charge in [-0.3, -0.25) is 0 Å². The van der Waals surface area contributed by atoms with Gasteiger partial charge in [-0.1, -0.05) is 91.0 Å². The summed E-state index contributed by atoms with van der Waals surface area (Å²) in [7, 11) is 0. The van der Waals surface area contributed by atoms with Crippen molar-refractivity contribution in [1.82, 2.24) is 0 Å². The fraction of sp³-hybridized carbons (Fsp3) is 0.185. The van der Waals surface area contributed by atoms with Crippen LogP contribution in [0.4, 0.5) is 8.78 Å². The van der Waals surface area contributed by atoms with E-state index in [0.717, 1.165) is 28.7 Å². The third kappa shape index (κ3) is 6.25. The van der Waals surface area contributed by atoms with Crippen molar-refractivity contribution < 1.29 is 8.78 Å². The van der Waals surface area contributed by atoms with Crippen molar-refractivity contribution in [2.24, 2.45) is 0 Å². The number of hydrogen-bond donors (Lipinski definition) is 0. The number of benzene rings is 3. The van der Waals surface area contributed by atoms with Crippen molar-refractivity contribution in [2.75, 3.05) is 0 Å². The maximum Gasteiger partial charge on any atom is 0.129 e. The Morgan fingerprint density at radius 3 is 2.24 bits per heavy atom. The molecule has 0 aliphatic heterocycles. The molecule has 0 amide bonds. The number of rotatable bonds is 8. The van der Waals surface area contributed by atoms with Crippen molar-refractivity contribution in [2.45, 2.75) is 32.4 Å². The Balaban J connectivity index is 1.60. The molecule has 148 valence electrons. The van der Waals surface area contributed by atoms with Crippen molar-refractivity contribution >= 4 is 12.2 Å². The first-order chi connectivity index (χ1) is 14.2. The van der Waals surface area contributed by atoms with Crippen molar-refractivity contribution in [3.8, 4) is 0 Å². The van der Waals surface area contributed by atoms with E-state index in [4.69, 9.17) is 0 Å². The van der Waals surface area contributed by atoms with Gasteiger partial charge in [0.05, 0.1) is 0 Å². The van der Waals surface area contributed by atoms with Crippen LogP contribution in [0.1, 0.15) is 47.3 Å². The van der Waals surface area contributed by atoms with Crippen LogP contribution >= 0.6 is 0 Å². The van der Waals surface area contributed by atoms with Crippen LogP contribution in [0.3, 0.4) is 0 Å². The third-order valence-corrected chi connectivity index (χ3v) is 4.92. The average Bonchev–Trinajstić information content (AvgIpc) is 2.75. The lowest BCUT2D eigenvalue weighted by Gasteiger charge is -2.08. The quantitative estimate of drug-likeness (QED) is 0.273. The Hall–Kier alpha value is -3.00. The van der Waals surface area contributed by atoms with Crippen LogP contribution < -0.4 is 0 Å². The van der Waals surface area contributed by atoms with Gasteiger partial charge in [-0.2, -0.15) is 0 Å². The normalized spacial score (nSPS) is 12.7. The molecule has 1 atom stereocenters. The molecule has 0 saturated carbocycles. The largest absolute Gasteiger partial charge is 0.242 e. The zero-order valence-corrected chi connectivity index (χ0v) is 16.7. The van der Waals surface area contributed by atoms with Crippen LogP contribution in [0, 0.1) is 5.82 Å². The van der Waals surface area contributed by atoms with Gasteiger partial charge in [0.15, 0.2) is 0 Å². The maximum absolute atomic E-state index is 14.4. The Labute approximate surface area is 172 Å². The van der Waals surface area contributed by atoms with Gasteiger partial charge in [0.2, 0.25) is 0 Å². The van der Waals surface area contributed by atoms with E-state index in [2.05, 4.69) is 0 Å². The summed E-state index contributed by atoms with van der Waals surface area (Å²) in [5, 5.41) is 0. The molecule has 0 nitrogen and oxygen atoms in total. The van der Waals surface area contributed by atoms with Gasteiger partial charge in [-0.05, 0) is 53.6 Å². The van der Waals surface area contributed by atoms with E-state index >= 15 is 0 Å². The summed E-state index contributed by atoms with van der Waals surface area (Å²) in [6, 6.07) is 22.4. The van der Waals surface area contributed by atoms with E-state index in [9.17, 15) is 8.78 Å². The second-order valence-electron chi connectivity index (χ2n) is 7.12. The van der Waals surface area contributed by atoms with E-state index in [0.29, 0.717) is 18.4 Å². The van der Waals surface area contributed by atoms with Crippen LogP contribution in [-0.2, 0) is 12.8 Å². The maximum atomic E-state index is 14.4. The molecule has 3 aromatic rings. The summed E-state index contributed by atoms with van der Waals surface area (Å²) < 4.78 is 28.6. The topological polar surface area (TPSA) is 0 Å². The Bertz CT molecular complexity index is 954. The fourth-order valence-electron chi connectivity index (χ4n) is 3.22. The van der Waals surface area contributed by atoms with Gasteiger partial charge in [-0.15, -0.1) is 0 Å². The number of aryl methyl sites for hydroxylation is 1. The minimum atomic E-state index is -1.01. The predicted octanol–water partition coefficient (Wildman–Crippen LogP) is 7.76. The molecule has 1 unspecified atom stereocenters. The minimum Gasteiger partial charge on any atom is -0.242 e. The monoisotopic (exact) mass is 388 g/mol. The number of alkyl halides is 1. The first-order valence-corrected chi connectivity index (χ1v) is 10.0. The molecule has 3 rings (SSSR count). The average molecular weight is 389 g/mol. The van der Waals surface area contributed by atoms with Gasteiger partial charge in [-0.25, -0.2) is 8.78 Å². The molecular formula is C27H26F2. The summed E-state index contributed by atoms with van der Waals surface area (Å²) in [5.41, 5.74) is 4.22. The lowest BCUT2D eigenvalue weighted by Crippen LogP contribution is -1.96. The highest BCUT2D eigenvalue weighted by atomic mass is 19.1. The molecule has 0 spiro atoms. The smallest absolute Gasteiger partial charge is 0.129 e. The SMILES string of the molecule is C/C=C/CCc1ccc(/C=C/c2ccc(CC(F)c3ccccc3)cc2)cc1F. The third-order valence-electron chi connectivity index (χ3n) is 4.92. The summed E-state index contributed by atoms with van der Waals surface area (Å²) in [6.45, 7) is 1.97. The highest BCUT2D eigenvalue weighted by Gasteiger charge is 2.09. The molecule has 29 heavy (non-hydrogen) atoms. The fourth-order valence-corrected chi connectivity index (χ4v) is 3.22. The van der Waals surface area contributed by atoms with Crippen LogP contribution in [0.15, 0.2) is 84.9 Å². The zero-order valence-electron chi connectivity index (χ0n) is 16.7. The van der Waals surface area contributed by atoms with Gasteiger partial charge >= 0.3 is 0 Å². The summed E-state index contributed by atoms with van der Waals surface area (Å²) in [4.78, 5) is 0. The van der Waals surface area contributed by atoms with Crippen molar-refractivity contribution in [3.05, 3.63) is 119 Å². The standard InChI is InChI=1S/C27H26F2/c1-2-3-5-8-25-18-17-23(20-27(25)29)16-13-21-11-14-22(15-12-21)19-26(28)24-9-6-4-7-10-24/h2-4,6-7,9-18,20,26H,5,8,19H2,1H3/b3-2+,16-13+. The lowest BCUT2D eigenvalue weighted by atomic mass is 10.0. The predicted molar refractivity (Wildman–Crippen MR) is 119 cm³/mol. The molecule has 0 saturated heterocycles. The van der Waals surface area contributed by atoms with Crippen LogP contribution in [0.25, 0.3) is 12.2 Å². The van der Waals surface area contributed by atoms with E-state index < -0.39 is 6.17 Å². The van der Waals surface area contributed by atoms with Gasteiger partial charge < -0.3 is 0 Å². The van der Waals surface area contributed by atoms with Gasteiger partial charge in [0.1, 0.15) is 12.0 Å². The first-order valence-electron chi connectivity index (χ1n) is 10.0. The van der Waals surface area contributed by atoms with E-state index in [1.165, 1.54) is 0 Å².